The minimum Gasteiger partial charge on any atom is -0.508 e. The van der Waals surface area contributed by atoms with Crippen LogP contribution in [-0.4, -0.2) is 15.6 Å². The average molecular weight is 425 g/mol. The van der Waals surface area contributed by atoms with Crippen molar-refractivity contribution in [1.82, 2.24) is 4.57 Å². The molecule has 1 aliphatic rings. The molecule has 0 radical (unpaired) electrons. The molecule has 4 aromatic rings. The second kappa shape index (κ2) is 8.54. The number of nitrogens with two attached hydrogens (primary N) is 1. The second-order valence-corrected chi connectivity index (χ2v) is 8.76. The number of aromatic hydroxyl groups is 1. The van der Waals surface area contributed by atoms with Gasteiger partial charge in [0.25, 0.3) is 0 Å². The monoisotopic (exact) mass is 424 g/mol. The quantitative estimate of drug-likeness (QED) is 0.453. The van der Waals surface area contributed by atoms with E-state index in [-0.39, 0.29) is 11.8 Å². The van der Waals surface area contributed by atoms with E-state index in [2.05, 4.69) is 47.0 Å². The summed E-state index contributed by atoms with van der Waals surface area (Å²) in [5.74, 6) is -0.285. The Morgan fingerprint density at radius 2 is 1.66 bits per heavy atom. The third-order valence-corrected chi connectivity index (χ3v) is 6.72. The van der Waals surface area contributed by atoms with Crippen LogP contribution in [0.3, 0.4) is 0 Å². The first-order valence-corrected chi connectivity index (χ1v) is 11.4. The molecule has 32 heavy (non-hydrogen) atoms. The SMILES string of the molecule is NC(=O)C1CCCc2c1c1cc(O)c(CCc3ccccc3)cc1n2Cc1ccccc1. The zero-order valence-corrected chi connectivity index (χ0v) is 18.1. The van der Waals surface area contributed by atoms with Gasteiger partial charge in [0, 0.05) is 23.1 Å². The van der Waals surface area contributed by atoms with Crippen molar-refractivity contribution in [3.63, 3.8) is 0 Å². The summed E-state index contributed by atoms with van der Waals surface area (Å²) in [5, 5.41) is 11.8. The maximum absolute atomic E-state index is 12.3. The summed E-state index contributed by atoms with van der Waals surface area (Å²) in [5.41, 5.74) is 12.5. The molecule has 0 aliphatic heterocycles. The molecule has 5 rings (SSSR count). The van der Waals surface area contributed by atoms with E-state index in [9.17, 15) is 9.90 Å². The van der Waals surface area contributed by atoms with Crippen molar-refractivity contribution in [2.45, 2.75) is 44.6 Å². The molecule has 1 aromatic heterocycles. The van der Waals surface area contributed by atoms with E-state index in [1.54, 1.807) is 0 Å². The van der Waals surface area contributed by atoms with Gasteiger partial charge in [-0.25, -0.2) is 0 Å². The largest absolute Gasteiger partial charge is 0.508 e. The van der Waals surface area contributed by atoms with E-state index in [0.29, 0.717) is 5.75 Å². The van der Waals surface area contributed by atoms with Gasteiger partial charge in [-0.2, -0.15) is 0 Å². The molecule has 162 valence electrons. The number of carbonyl (C=O) groups excluding carboxylic acids is 1. The van der Waals surface area contributed by atoms with E-state index >= 15 is 0 Å². The van der Waals surface area contributed by atoms with Crippen LogP contribution in [0.5, 0.6) is 5.75 Å². The summed E-state index contributed by atoms with van der Waals surface area (Å²) in [6.45, 7) is 0.737. The van der Waals surface area contributed by atoms with Crippen LogP contribution in [0.1, 0.15) is 46.7 Å². The van der Waals surface area contributed by atoms with Gasteiger partial charge in [-0.15, -0.1) is 0 Å². The van der Waals surface area contributed by atoms with Gasteiger partial charge in [-0.05, 0) is 66.5 Å². The van der Waals surface area contributed by atoms with Crippen molar-refractivity contribution in [3.8, 4) is 5.75 Å². The lowest BCUT2D eigenvalue weighted by molar-refractivity contribution is -0.119. The zero-order chi connectivity index (χ0) is 22.1. The standard InChI is InChI=1S/C28H28N2O2/c29-28(32)22-12-7-13-24-27(22)23-17-26(31)21(15-14-19-8-3-1-4-9-19)16-25(23)30(24)18-20-10-5-2-6-11-20/h1-6,8-11,16-17,22,31H,7,12-15,18H2,(H2,29,32). The van der Waals surface area contributed by atoms with Gasteiger partial charge in [0.1, 0.15) is 5.75 Å². The van der Waals surface area contributed by atoms with Crippen LogP contribution in [0.2, 0.25) is 0 Å². The van der Waals surface area contributed by atoms with E-state index in [4.69, 9.17) is 5.73 Å². The lowest BCUT2D eigenvalue weighted by Gasteiger charge is -2.22. The van der Waals surface area contributed by atoms with Crippen molar-refractivity contribution >= 4 is 16.8 Å². The lowest BCUT2D eigenvalue weighted by atomic mass is 9.84. The average Bonchev–Trinajstić information content (AvgIpc) is 3.11. The van der Waals surface area contributed by atoms with Crippen LogP contribution >= 0.6 is 0 Å². The number of phenolic OH excluding ortho intramolecular Hbond substituents is 1. The van der Waals surface area contributed by atoms with Crippen LogP contribution in [0, 0.1) is 0 Å². The van der Waals surface area contributed by atoms with Crippen molar-refractivity contribution in [2.24, 2.45) is 5.73 Å². The molecule has 0 saturated heterocycles. The predicted molar refractivity (Wildman–Crippen MR) is 128 cm³/mol. The highest BCUT2D eigenvalue weighted by Gasteiger charge is 2.31. The first-order valence-electron chi connectivity index (χ1n) is 11.4. The first kappa shape index (κ1) is 20.4. The molecule has 0 bridgehead atoms. The molecule has 1 atom stereocenters. The normalized spacial score (nSPS) is 15.6. The smallest absolute Gasteiger partial charge is 0.225 e. The van der Waals surface area contributed by atoms with E-state index < -0.39 is 0 Å². The molecule has 4 heteroatoms. The Labute approximate surface area is 188 Å². The van der Waals surface area contributed by atoms with Gasteiger partial charge >= 0.3 is 0 Å². The topological polar surface area (TPSA) is 68.2 Å². The van der Waals surface area contributed by atoms with Gasteiger partial charge in [0.15, 0.2) is 0 Å². The Kier molecular flexibility index (Phi) is 5.44. The van der Waals surface area contributed by atoms with Crippen molar-refractivity contribution in [3.05, 3.63) is 101 Å². The number of hydrogen-bond acceptors (Lipinski definition) is 2. The highest BCUT2D eigenvalue weighted by atomic mass is 16.3. The summed E-state index contributed by atoms with van der Waals surface area (Å²) >= 11 is 0. The third kappa shape index (κ3) is 3.77. The molecule has 1 heterocycles. The van der Waals surface area contributed by atoms with Crippen LogP contribution in [0.25, 0.3) is 10.9 Å². The fraction of sp³-hybridized carbons (Fsp3) is 0.250. The van der Waals surface area contributed by atoms with E-state index in [1.807, 2.05) is 30.3 Å². The second-order valence-electron chi connectivity index (χ2n) is 8.76. The fourth-order valence-corrected chi connectivity index (χ4v) is 5.14. The fourth-order valence-electron chi connectivity index (χ4n) is 5.14. The third-order valence-electron chi connectivity index (χ3n) is 6.72. The van der Waals surface area contributed by atoms with Crippen LogP contribution in [0.4, 0.5) is 0 Å². The minimum atomic E-state index is -0.298. The minimum absolute atomic E-state index is 0.280. The maximum Gasteiger partial charge on any atom is 0.225 e. The van der Waals surface area contributed by atoms with Gasteiger partial charge in [0.2, 0.25) is 5.91 Å². The number of carbonyl (C=O) groups is 1. The van der Waals surface area contributed by atoms with E-state index in [1.165, 1.54) is 16.8 Å². The number of primary amides is 1. The summed E-state index contributed by atoms with van der Waals surface area (Å²) in [7, 11) is 0. The number of hydrogen-bond donors (Lipinski definition) is 2. The zero-order valence-electron chi connectivity index (χ0n) is 18.1. The molecule has 1 unspecified atom stereocenters. The highest BCUT2D eigenvalue weighted by Crippen LogP contribution is 2.41. The molecule has 1 amide bonds. The number of fused-ring (bicyclic) bond motifs is 3. The van der Waals surface area contributed by atoms with E-state index in [0.717, 1.165) is 60.7 Å². The molecular weight excluding hydrogens is 396 g/mol. The number of amides is 1. The molecule has 0 spiro atoms. The number of benzene rings is 3. The number of phenols is 1. The number of nitrogens with zero attached hydrogens (tertiary/aromatic N) is 1. The lowest BCUT2D eigenvalue weighted by Crippen LogP contribution is -2.25. The Bertz CT molecular complexity index is 1260. The van der Waals surface area contributed by atoms with Crippen LogP contribution in [0.15, 0.2) is 72.8 Å². The number of aromatic nitrogens is 1. The van der Waals surface area contributed by atoms with Crippen LogP contribution < -0.4 is 5.73 Å². The van der Waals surface area contributed by atoms with Gasteiger partial charge in [-0.3, -0.25) is 4.79 Å². The predicted octanol–water partition coefficient (Wildman–Crippen LogP) is 5.09. The molecule has 3 N–H and O–H groups in total. The van der Waals surface area contributed by atoms with Crippen molar-refractivity contribution in [1.29, 1.82) is 0 Å². The Morgan fingerprint density at radius 3 is 2.34 bits per heavy atom. The summed E-state index contributed by atoms with van der Waals surface area (Å²) in [6, 6.07) is 24.7. The van der Waals surface area contributed by atoms with Gasteiger partial charge in [-0.1, -0.05) is 60.7 Å². The molecule has 1 aliphatic carbocycles. The van der Waals surface area contributed by atoms with Gasteiger partial charge < -0.3 is 15.4 Å². The molecular formula is C28H28N2O2. The maximum atomic E-state index is 12.3. The summed E-state index contributed by atoms with van der Waals surface area (Å²) in [6.07, 6.45) is 4.25. The van der Waals surface area contributed by atoms with Crippen LogP contribution in [-0.2, 0) is 30.6 Å². The molecule has 3 aromatic carbocycles. The number of rotatable bonds is 6. The van der Waals surface area contributed by atoms with Gasteiger partial charge in [0.05, 0.1) is 5.92 Å². The Balaban J connectivity index is 1.63. The number of aryl methyl sites for hydroxylation is 2. The van der Waals surface area contributed by atoms with Crippen molar-refractivity contribution in [2.75, 3.05) is 0 Å². The molecule has 0 fully saturated rings. The Hall–Kier alpha value is -3.53. The molecule has 4 nitrogen and oxygen atoms in total. The highest BCUT2D eigenvalue weighted by molar-refractivity contribution is 5.94. The first-order chi connectivity index (χ1) is 15.6. The molecule has 0 saturated carbocycles. The Morgan fingerprint density at radius 1 is 0.969 bits per heavy atom. The van der Waals surface area contributed by atoms with Crippen molar-refractivity contribution < 1.29 is 9.90 Å². The summed E-state index contributed by atoms with van der Waals surface area (Å²) < 4.78 is 2.33. The summed E-state index contributed by atoms with van der Waals surface area (Å²) in [4.78, 5) is 12.3.